The molecule has 0 heterocycles. The van der Waals surface area contributed by atoms with E-state index in [1.54, 1.807) is 0 Å². The molecule has 0 radical (unpaired) electrons. The van der Waals surface area contributed by atoms with Gasteiger partial charge in [0, 0.05) is 0 Å². The molecule has 4 atom stereocenters. The van der Waals surface area contributed by atoms with Crippen LogP contribution in [0.2, 0.25) is 0 Å². The maximum atomic E-state index is 3.88. The Hall–Kier alpha value is -0.260. The van der Waals surface area contributed by atoms with Crippen molar-refractivity contribution in [1.82, 2.24) is 0 Å². The zero-order valence-electron chi connectivity index (χ0n) is 14.3. The van der Waals surface area contributed by atoms with Gasteiger partial charge in [0.1, 0.15) is 0 Å². The Morgan fingerprint density at radius 2 is 1.37 bits per heavy atom. The lowest BCUT2D eigenvalue weighted by Crippen LogP contribution is -2.11. The fourth-order valence-electron chi connectivity index (χ4n) is 2.65. The van der Waals surface area contributed by atoms with Crippen LogP contribution in [0.25, 0.3) is 0 Å². The zero-order chi connectivity index (χ0) is 14.7. The van der Waals surface area contributed by atoms with E-state index in [2.05, 4.69) is 47.3 Å². The molecule has 0 saturated heterocycles. The molecule has 0 aliphatic heterocycles. The fraction of sp³-hybridized carbons (Fsp3) is 0.895. The van der Waals surface area contributed by atoms with Gasteiger partial charge >= 0.3 is 0 Å². The first-order valence-corrected chi connectivity index (χ1v) is 8.63. The van der Waals surface area contributed by atoms with Crippen LogP contribution < -0.4 is 0 Å². The molecule has 0 saturated carbocycles. The van der Waals surface area contributed by atoms with Crippen LogP contribution in [0.15, 0.2) is 12.7 Å². The topological polar surface area (TPSA) is 0 Å². The molecule has 0 rings (SSSR count). The molecular formula is C19H38. The summed E-state index contributed by atoms with van der Waals surface area (Å²) < 4.78 is 0. The van der Waals surface area contributed by atoms with Crippen LogP contribution in [0.3, 0.4) is 0 Å². The van der Waals surface area contributed by atoms with E-state index < -0.39 is 0 Å². The SMILES string of the molecule is C=CC(C)CCC(C)C(C)CCC(C)CCCCC. The summed E-state index contributed by atoms with van der Waals surface area (Å²) in [6, 6.07) is 0. The van der Waals surface area contributed by atoms with Crippen molar-refractivity contribution in [3.05, 3.63) is 12.7 Å². The third-order valence-corrected chi connectivity index (χ3v) is 4.87. The minimum Gasteiger partial charge on any atom is -0.103 e. The molecule has 0 aromatic rings. The molecule has 0 aromatic carbocycles. The lowest BCUT2D eigenvalue weighted by Gasteiger charge is -2.22. The molecule has 0 aliphatic carbocycles. The molecule has 0 amide bonds. The van der Waals surface area contributed by atoms with Gasteiger partial charge in [-0.15, -0.1) is 6.58 Å². The summed E-state index contributed by atoms with van der Waals surface area (Å²) in [6.45, 7) is 15.8. The van der Waals surface area contributed by atoms with Crippen molar-refractivity contribution < 1.29 is 0 Å². The molecule has 0 aromatic heterocycles. The molecule has 19 heavy (non-hydrogen) atoms. The summed E-state index contributed by atoms with van der Waals surface area (Å²) in [6.07, 6.45) is 13.2. The van der Waals surface area contributed by atoms with Gasteiger partial charge in [-0.3, -0.25) is 0 Å². The molecule has 0 bridgehead atoms. The summed E-state index contributed by atoms with van der Waals surface area (Å²) in [5, 5.41) is 0. The van der Waals surface area contributed by atoms with E-state index in [4.69, 9.17) is 0 Å². The Bertz CT molecular complexity index is 206. The molecule has 4 unspecified atom stereocenters. The summed E-state index contributed by atoms with van der Waals surface area (Å²) in [4.78, 5) is 0. The first kappa shape index (κ1) is 18.7. The molecule has 0 spiro atoms. The Kier molecular flexibility index (Phi) is 11.4. The van der Waals surface area contributed by atoms with Gasteiger partial charge in [0.25, 0.3) is 0 Å². The van der Waals surface area contributed by atoms with E-state index in [0.717, 1.165) is 17.8 Å². The normalized spacial score (nSPS) is 17.7. The standard InChI is InChI=1S/C19H38/c1-7-9-10-11-17(4)13-15-19(6)18(5)14-12-16(3)8-2/h8,16-19H,2,7,9-15H2,1,3-6H3. The maximum absolute atomic E-state index is 3.88. The summed E-state index contributed by atoms with van der Waals surface area (Å²) in [7, 11) is 0. The third-order valence-electron chi connectivity index (χ3n) is 4.87. The number of rotatable bonds is 12. The van der Waals surface area contributed by atoms with Gasteiger partial charge in [-0.25, -0.2) is 0 Å². The van der Waals surface area contributed by atoms with Crippen LogP contribution >= 0.6 is 0 Å². The van der Waals surface area contributed by atoms with Crippen molar-refractivity contribution in [3.63, 3.8) is 0 Å². The van der Waals surface area contributed by atoms with Crippen LogP contribution in [0, 0.1) is 23.7 Å². The number of hydrogen-bond donors (Lipinski definition) is 0. The predicted octanol–water partition coefficient (Wildman–Crippen LogP) is 6.86. The van der Waals surface area contributed by atoms with Crippen LogP contribution in [0.5, 0.6) is 0 Å². The van der Waals surface area contributed by atoms with Gasteiger partial charge in [-0.05, 0) is 36.5 Å². The van der Waals surface area contributed by atoms with Crippen molar-refractivity contribution in [1.29, 1.82) is 0 Å². The van der Waals surface area contributed by atoms with E-state index in [9.17, 15) is 0 Å². The largest absolute Gasteiger partial charge is 0.103 e. The van der Waals surface area contributed by atoms with Crippen LogP contribution in [-0.2, 0) is 0 Å². The lowest BCUT2D eigenvalue weighted by atomic mass is 9.84. The summed E-state index contributed by atoms with van der Waals surface area (Å²) in [5.41, 5.74) is 0. The van der Waals surface area contributed by atoms with E-state index in [-0.39, 0.29) is 0 Å². The second kappa shape index (κ2) is 11.6. The first-order valence-electron chi connectivity index (χ1n) is 8.63. The number of hydrogen-bond acceptors (Lipinski definition) is 0. The average molecular weight is 267 g/mol. The zero-order valence-corrected chi connectivity index (χ0v) is 14.3. The van der Waals surface area contributed by atoms with E-state index >= 15 is 0 Å². The van der Waals surface area contributed by atoms with Crippen molar-refractivity contribution in [2.75, 3.05) is 0 Å². The van der Waals surface area contributed by atoms with Crippen molar-refractivity contribution in [2.45, 2.75) is 86.0 Å². The van der Waals surface area contributed by atoms with Gasteiger partial charge in [0.05, 0.1) is 0 Å². The van der Waals surface area contributed by atoms with Crippen LogP contribution in [0.4, 0.5) is 0 Å². The molecule has 0 N–H and O–H groups in total. The predicted molar refractivity (Wildman–Crippen MR) is 89.5 cm³/mol. The highest BCUT2D eigenvalue weighted by Crippen LogP contribution is 2.26. The third kappa shape index (κ3) is 10.2. The monoisotopic (exact) mass is 266 g/mol. The van der Waals surface area contributed by atoms with Crippen molar-refractivity contribution in [3.8, 4) is 0 Å². The minimum absolute atomic E-state index is 0.683. The maximum Gasteiger partial charge on any atom is -0.0265 e. The highest BCUT2D eigenvalue weighted by molar-refractivity contribution is 4.76. The van der Waals surface area contributed by atoms with E-state index in [0.29, 0.717) is 5.92 Å². The van der Waals surface area contributed by atoms with Gasteiger partial charge in [0.15, 0.2) is 0 Å². The summed E-state index contributed by atoms with van der Waals surface area (Å²) >= 11 is 0. The van der Waals surface area contributed by atoms with Gasteiger partial charge in [-0.2, -0.15) is 0 Å². The van der Waals surface area contributed by atoms with Crippen LogP contribution in [0.1, 0.15) is 86.0 Å². The fourth-order valence-corrected chi connectivity index (χ4v) is 2.65. The van der Waals surface area contributed by atoms with Crippen LogP contribution in [-0.4, -0.2) is 0 Å². The molecule has 0 heteroatoms. The van der Waals surface area contributed by atoms with Crippen molar-refractivity contribution in [2.24, 2.45) is 23.7 Å². The quantitative estimate of drug-likeness (QED) is 0.267. The Morgan fingerprint density at radius 3 is 1.89 bits per heavy atom. The van der Waals surface area contributed by atoms with E-state index in [1.807, 2.05) is 0 Å². The molecular weight excluding hydrogens is 228 g/mol. The van der Waals surface area contributed by atoms with Gasteiger partial charge in [0.2, 0.25) is 0 Å². The highest BCUT2D eigenvalue weighted by Gasteiger charge is 2.14. The Morgan fingerprint density at radius 1 is 0.789 bits per heavy atom. The highest BCUT2D eigenvalue weighted by atomic mass is 14.2. The second-order valence-electron chi connectivity index (χ2n) is 6.92. The second-order valence-corrected chi connectivity index (χ2v) is 6.92. The molecule has 0 aliphatic rings. The molecule has 0 fully saturated rings. The van der Waals surface area contributed by atoms with Gasteiger partial charge < -0.3 is 0 Å². The average Bonchev–Trinajstić information content (AvgIpc) is 2.41. The van der Waals surface area contributed by atoms with Crippen molar-refractivity contribution >= 4 is 0 Å². The minimum atomic E-state index is 0.683. The van der Waals surface area contributed by atoms with E-state index in [1.165, 1.54) is 51.4 Å². The number of unbranched alkanes of at least 4 members (excludes halogenated alkanes) is 2. The first-order chi connectivity index (χ1) is 9.01. The van der Waals surface area contributed by atoms with Gasteiger partial charge in [-0.1, -0.05) is 79.2 Å². The Labute approximate surface area is 123 Å². The number of allylic oxidation sites excluding steroid dienone is 1. The summed E-state index contributed by atoms with van der Waals surface area (Å²) in [5.74, 6) is 3.35. The molecule has 114 valence electrons. The smallest absolute Gasteiger partial charge is 0.0265 e. The molecule has 0 nitrogen and oxygen atoms in total. The Balaban J connectivity index is 3.70. The lowest BCUT2D eigenvalue weighted by molar-refractivity contribution is 0.298.